The number of hydrogen-bond acceptors (Lipinski definition) is 3. The summed E-state index contributed by atoms with van der Waals surface area (Å²) in [6.45, 7) is 3.52. The highest BCUT2D eigenvalue weighted by molar-refractivity contribution is 6.33. The first-order chi connectivity index (χ1) is 8.73. The van der Waals surface area contributed by atoms with Gasteiger partial charge in [-0.1, -0.05) is 11.6 Å². The molecule has 0 bridgehead atoms. The van der Waals surface area contributed by atoms with Gasteiger partial charge in [0.1, 0.15) is 0 Å². The molecule has 0 saturated carbocycles. The van der Waals surface area contributed by atoms with Gasteiger partial charge in [-0.2, -0.15) is 0 Å². The summed E-state index contributed by atoms with van der Waals surface area (Å²) in [5, 5.41) is 5.53. The third kappa shape index (κ3) is 4.89. The molecular formula is C13H18ClN3O2. The van der Waals surface area contributed by atoms with Crippen LogP contribution in [0, 0.1) is 0 Å². The Balaban J connectivity index is 2.88. The molecular weight excluding hydrogens is 266 g/mol. The van der Waals surface area contributed by atoms with Gasteiger partial charge in [0.2, 0.25) is 5.91 Å². The molecule has 1 aromatic rings. The van der Waals surface area contributed by atoms with E-state index in [0.717, 1.165) is 0 Å². The molecule has 0 unspecified atom stereocenters. The molecule has 1 aromatic carbocycles. The topological polar surface area (TPSA) is 84.2 Å². The number of nitrogens with two attached hydrogens (primary N) is 1. The van der Waals surface area contributed by atoms with Crippen LogP contribution >= 0.6 is 11.6 Å². The van der Waals surface area contributed by atoms with Gasteiger partial charge in [-0.05, 0) is 32.0 Å². The number of nitrogens with one attached hydrogen (secondary N) is 2. The molecule has 104 valence electrons. The maximum absolute atomic E-state index is 11.8. The van der Waals surface area contributed by atoms with Crippen molar-refractivity contribution >= 4 is 29.1 Å². The standard InChI is InChI=1S/C13H18ClN3O2/c1-13(2,15)7-11(18)17-10-6-8(12(19)16-3)4-5-9(10)14/h4-6H,7,15H2,1-3H3,(H,16,19)(H,17,18). The van der Waals surface area contributed by atoms with Crippen LogP contribution in [-0.4, -0.2) is 24.4 Å². The Kier molecular flexibility index (Phi) is 4.91. The summed E-state index contributed by atoms with van der Waals surface area (Å²) in [4.78, 5) is 23.3. The summed E-state index contributed by atoms with van der Waals surface area (Å²) in [6, 6.07) is 4.68. The molecule has 0 spiro atoms. The first-order valence-electron chi connectivity index (χ1n) is 5.83. The summed E-state index contributed by atoms with van der Waals surface area (Å²) < 4.78 is 0. The molecule has 0 radical (unpaired) electrons. The predicted octanol–water partition coefficient (Wildman–Crippen LogP) is 1.77. The molecule has 2 amide bonds. The smallest absolute Gasteiger partial charge is 0.251 e. The number of benzene rings is 1. The van der Waals surface area contributed by atoms with Gasteiger partial charge in [0, 0.05) is 24.6 Å². The van der Waals surface area contributed by atoms with Crippen molar-refractivity contribution in [2.45, 2.75) is 25.8 Å². The van der Waals surface area contributed by atoms with Gasteiger partial charge in [-0.25, -0.2) is 0 Å². The number of hydrogen-bond donors (Lipinski definition) is 3. The van der Waals surface area contributed by atoms with E-state index in [1.165, 1.54) is 13.1 Å². The highest BCUT2D eigenvalue weighted by atomic mass is 35.5. The Morgan fingerprint density at radius 2 is 2.00 bits per heavy atom. The highest BCUT2D eigenvalue weighted by Gasteiger charge is 2.17. The molecule has 5 nitrogen and oxygen atoms in total. The zero-order valence-corrected chi connectivity index (χ0v) is 12.0. The zero-order chi connectivity index (χ0) is 14.6. The molecule has 0 aliphatic rings. The Morgan fingerprint density at radius 3 is 2.53 bits per heavy atom. The first kappa shape index (κ1) is 15.5. The van der Waals surface area contributed by atoms with E-state index in [-0.39, 0.29) is 18.2 Å². The van der Waals surface area contributed by atoms with Crippen molar-refractivity contribution in [2.24, 2.45) is 5.73 Å². The number of anilines is 1. The minimum Gasteiger partial charge on any atom is -0.355 e. The summed E-state index contributed by atoms with van der Waals surface area (Å²) in [5.74, 6) is -0.491. The Morgan fingerprint density at radius 1 is 1.37 bits per heavy atom. The van der Waals surface area contributed by atoms with Crippen LogP contribution in [0.4, 0.5) is 5.69 Å². The van der Waals surface area contributed by atoms with E-state index >= 15 is 0 Å². The number of amides is 2. The molecule has 0 atom stereocenters. The number of halogens is 1. The quantitative estimate of drug-likeness (QED) is 0.787. The summed E-state index contributed by atoms with van der Waals surface area (Å²) >= 11 is 5.98. The van der Waals surface area contributed by atoms with E-state index in [2.05, 4.69) is 10.6 Å². The molecule has 4 N–H and O–H groups in total. The second kappa shape index (κ2) is 6.04. The fourth-order valence-electron chi connectivity index (χ4n) is 1.51. The van der Waals surface area contributed by atoms with Gasteiger partial charge in [0.05, 0.1) is 10.7 Å². The lowest BCUT2D eigenvalue weighted by molar-refractivity contribution is -0.117. The minimum atomic E-state index is -0.602. The van der Waals surface area contributed by atoms with E-state index in [1.54, 1.807) is 26.0 Å². The van der Waals surface area contributed by atoms with Gasteiger partial charge in [-0.15, -0.1) is 0 Å². The first-order valence-corrected chi connectivity index (χ1v) is 6.21. The Labute approximate surface area is 117 Å². The lowest BCUT2D eigenvalue weighted by Gasteiger charge is -2.18. The van der Waals surface area contributed by atoms with Crippen molar-refractivity contribution in [3.05, 3.63) is 28.8 Å². The molecule has 0 aliphatic heterocycles. The minimum absolute atomic E-state index is 0.160. The Bertz CT molecular complexity index is 495. The normalized spacial score (nSPS) is 11.0. The summed E-state index contributed by atoms with van der Waals surface area (Å²) in [7, 11) is 1.53. The predicted molar refractivity (Wildman–Crippen MR) is 76.4 cm³/mol. The van der Waals surface area contributed by atoms with E-state index in [0.29, 0.717) is 16.3 Å². The molecule has 1 rings (SSSR count). The van der Waals surface area contributed by atoms with E-state index in [1.807, 2.05) is 0 Å². The van der Waals surface area contributed by atoms with Crippen molar-refractivity contribution in [1.82, 2.24) is 5.32 Å². The van der Waals surface area contributed by atoms with Crippen LogP contribution in [0.5, 0.6) is 0 Å². The maximum Gasteiger partial charge on any atom is 0.251 e. The maximum atomic E-state index is 11.8. The van der Waals surface area contributed by atoms with Gasteiger partial charge in [0.15, 0.2) is 0 Å². The number of rotatable bonds is 4. The van der Waals surface area contributed by atoms with Crippen LogP contribution in [-0.2, 0) is 4.79 Å². The molecule has 19 heavy (non-hydrogen) atoms. The third-order valence-electron chi connectivity index (χ3n) is 2.35. The fourth-order valence-corrected chi connectivity index (χ4v) is 1.68. The second-order valence-corrected chi connectivity index (χ2v) is 5.39. The largest absolute Gasteiger partial charge is 0.355 e. The SMILES string of the molecule is CNC(=O)c1ccc(Cl)c(NC(=O)CC(C)(C)N)c1. The van der Waals surface area contributed by atoms with Crippen molar-refractivity contribution in [1.29, 1.82) is 0 Å². The molecule has 0 aliphatic carbocycles. The van der Waals surface area contributed by atoms with Crippen molar-refractivity contribution < 1.29 is 9.59 Å². The lowest BCUT2D eigenvalue weighted by atomic mass is 10.0. The van der Waals surface area contributed by atoms with Crippen molar-refractivity contribution in [3.8, 4) is 0 Å². The van der Waals surface area contributed by atoms with Crippen LogP contribution in [0.2, 0.25) is 5.02 Å². The highest BCUT2D eigenvalue weighted by Crippen LogP contribution is 2.23. The van der Waals surface area contributed by atoms with E-state index < -0.39 is 5.54 Å². The average molecular weight is 284 g/mol. The van der Waals surface area contributed by atoms with Gasteiger partial charge in [0.25, 0.3) is 5.91 Å². The van der Waals surface area contributed by atoms with Crippen LogP contribution < -0.4 is 16.4 Å². The summed E-state index contributed by atoms with van der Waals surface area (Å²) in [6.07, 6.45) is 0.160. The van der Waals surface area contributed by atoms with Gasteiger partial charge in [-0.3, -0.25) is 9.59 Å². The third-order valence-corrected chi connectivity index (χ3v) is 2.68. The van der Waals surface area contributed by atoms with Gasteiger partial charge >= 0.3 is 0 Å². The zero-order valence-electron chi connectivity index (χ0n) is 11.2. The lowest BCUT2D eigenvalue weighted by Crippen LogP contribution is -2.36. The molecule has 0 aromatic heterocycles. The monoisotopic (exact) mass is 283 g/mol. The van der Waals surface area contributed by atoms with Crippen LogP contribution in [0.1, 0.15) is 30.6 Å². The molecule has 0 heterocycles. The van der Waals surface area contributed by atoms with E-state index in [9.17, 15) is 9.59 Å². The van der Waals surface area contributed by atoms with Crippen LogP contribution in [0.25, 0.3) is 0 Å². The summed E-state index contributed by atoms with van der Waals surface area (Å²) in [5.41, 5.74) is 5.99. The second-order valence-electron chi connectivity index (χ2n) is 4.99. The van der Waals surface area contributed by atoms with Crippen LogP contribution in [0.15, 0.2) is 18.2 Å². The van der Waals surface area contributed by atoms with Crippen LogP contribution in [0.3, 0.4) is 0 Å². The number of carbonyl (C=O) groups excluding carboxylic acids is 2. The van der Waals surface area contributed by atoms with E-state index in [4.69, 9.17) is 17.3 Å². The molecule has 0 fully saturated rings. The molecule has 6 heteroatoms. The average Bonchev–Trinajstić information content (AvgIpc) is 2.28. The fraction of sp³-hybridized carbons (Fsp3) is 0.385. The van der Waals surface area contributed by atoms with Gasteiger partial charge < -0.3 is 16.4 Å². The van der Waals surface area contributed by atoms with Crippen molar-refractivity contribution in [3.63, 3.8) is 0 Å². The number of carbonyl (C=O) groups is 2. The molecule has 0 saturated heterocycles. The Hall–Kier alpha value is -1.59. The van der Waals surface area contributed by atoms with Crippen molar-refractivity contribution in [2.75, 3.05) is 12.4 Å².